The number of hydrogen-bond acceptors (Lipinski definition) is 8. The van der Waals surface area contributed by atoms with Gasteiger partial charge in [-0.3, -0.25) is 23.4 Å². The first-order valence-electron chi connectivity index (χ1n) is 22.4. The SMILES string of the molecule is CCCCCCCCCCCCCCCC(=O)OCC(COP(=O)(O)OCCCCCCCC(=O)O)OC(=O)CCCCCCCCCCCCCCC. The Bertz CT molecular complexity index is 915. The molecule has 0 rings (SSSR count). The third kappa shape index (κ3) is 40.2. The van der Waals surface area contributed by atoms with Crippen molar-refractivity contribution in [1.82, 2.24) is 0 Å². The van der Waals surface area contributed by atoms with Gasteiger partial charge in [-0.05, 0) is 25.7 Å². The van der Waals surface area contributed by atoms with E-state index in [4.69, 9.17) is 23.6 Å². The summed E-state index contributed by atoms with van der Waals surface area (Å²) in [5.74, 6) is -1.65. The summed E-state index contributed by atoms with van der Waals surface area (Å²) in [6.45, 7) is 3.81. The van der Waals surface area contributed by atoms with Crippen LogP contribution in [0, 0.1) is 0 Å². The maximum absolute atomic E-state index is 12.7. The molecule has 54 heavy (non-hydrogen) atoms. The van der Waals surface area contributed by atoms with Crippen LogP contribution in [0.25, 0.3) is 0 Å². The Labute approximate surface area is 330 Å². The van der Waals surface area contributed by atoms with Crippen LogP contribution in [0.2, 0.25) is 0 Å². The second-order valence-corrected chi connectivity index (χ2v) is 16.7. The van der Waals surface area contributed by atoms with E-state index in [-0.39, 0.29) is 38.4 Å². The second kappa shape index (κ2) is 39.7. The largest absolute Gasteiger partial charge is 0.481 e. The Balaban J connectivity index is 4.43. The molecule has 0 aromatic heterocycles. The van der Waals surface area contributed by atoms with Crippen molar-refractivity contribution < 1.29 is 47.5 Å². The number of carbonyl (C=O) groups is 3. The zero-order valence-electron chi connectivity index (χ0n) is 34.8. The molecule has 2 unspecified atom stereocenters. The standard InChI is InChI=1S/C43H83O10P/c1-3-5-7-9-11-13-15-17-19-21-23-27-31-35-42(46)50-38-40(39-52-54(48,49)51-37-33-29-25-26-30-34-41(44)45)53-43(47)36-32-28-24-22-20-18-16-14-12-10-8-6-4-2/h40H,3-39H2,1-2H3,(H,44,45)(H,48,49). The number of carboxylic acids is 1. The maximum Gasteiger partial charge on any atom is 0.472 e. The van der Waals surface area contributed by atoms with Gasteiger partial charge in [-0.25, -0.2) is 4.57 Å². The Hall–Kier alpha value is -1.48. The average Bonchev–Trinajstić information content (AvgIpc) is 3.14. The molecule has 0 aromatic carbocycles. The van der Waals surface area contributed by atoms with Crippen LogP contribution < -0.4 is 0 Å². The Morgan fingerprint density at radius 1 is 0.463 bits per heavy atom. The summed E-state index contributed by atoms with van der Waals surface area (Å²) in [7, 11) is -4.42. The number of aliphatic carboxylic acids is 1. The zero-order valence-corrected chi connectivity index (χ0v) is 35.7. The van der Waals surface area contributed by atoms with Gasteiger partial charge < -0.3 is 19.5 Å². The van der Waals surface area contributed by atoms with E-state index in [0.29, 0.717) is 19.3 Å². The van der Waals surface area contributed by atoms with E-state index < -0.39 is 32.5 Å². The average molecular weight is 791 g/mol. The third-order valence-corrected chi connectivity index (χ3v) is 10.9. The molecular weight excluding hydrogens is 707 g/mol. The molecule has 0 spiro atoms. The fourth-order valence-corrected chi connectivity index (χ4v) is 7.29. The summed E-state index contributed by atoms with van der Waals surface area (Å²) < 4.78 is 33.7. The topological polar surface area (TPSA) is 146 Å². The number of unbranched alkanes of at least 4 members (excludes halogenated alkanes) is 28. The van der Waals surface area contributed by atoms with Crippen molar-refractivity contribution in [2.24, 2.45) is 0 Å². The first-order chi connectivity index (χ1) is 26.2. The van der Waals surface area contributed by atoms with Crippen LogP contribution in [0.4, 0.5) is 0 Å². The van der Waals surface area contributed by atoms with E-state index >= 15 is 0 Å². The van der Waals surface area contributed by atoms with Crippen molar-refractivity contribution in [2.45, 2.75) is 238 Å². The molecular formula is C43H83O10P. The molecule has 0 fully saturated rings. The number of hydrogen-bond donors (Lipinski definition) is 2. The fourth-order valence-electron chi connectivity index (χ4n) is 6.50. The highest BCUT2D eigenvalue weighted by Gasteiger charge is 2.26. The van der Waals surface area contributed by atoms with Crippen LogP contribution >= 0.6 is 7.82 Å². The molecule has 0 aliphatic carbocycles. The van der Waals surface area contributed by atoms with E-state index in [1.165, 1.54) is 122 Å². The van der Waals surface area contributed by atoms with Gasteiger partial charge in [0, 0.05) is 19.3 Å². The number of esters is 2. The number of rotatable bonds is 43. The van der Waals surface area contributed by atoms with E-state index in [9.17, 15) is 23.8 Å². The smallest absolute Gasteiger partial charge is 0.472 e. The molecule has 0 heterocycles. The minimum atomic E-state index is -4.42. The third-order valence-electron chi connectivity index (χ3n) is 9.91. The lowest BCUT2D eigenvalue weighted by Crippen LogP contribution is -2.29. The molecule has 0 radical (unpaired) electrons. The van der Waals surface area contributed by atoms with Crippen molar-refractivity contribution in [1.29, 1.82) is 0 Å². The molecule has 0 amide bonds. The molecule has 0 aliphatic rings. The molecule has 0 aliphatic heterocycles. The first kappa shape index (κ1) is 52.5. The van der Waals surface area contributed by atoms with Gasteiger partial charge in [0.15, 0.2) is 6.10 Å². The minimum absolute atomic E-state index is 0.00429. The van der Waals surface area contributed by atoms with Crippen LogP contribution in [-0.4, -0.2) is 53.8 Å². The Morgan fingerprint density at radius 2 is 0.815 bits per heavy atom. The lowest BCUT2D eigenvalue weighted by atomic mass is 10.0. The number of phosphoric ester groups is 1. The molecule has 320 valence electrons. The van der Waals surface area contributed by atoms with Crippen LogP contribution in [0.1, 0.15) is 232 Å². The van der Waals surface area contributed by atoms with Crippen molar-refractivity contribution in [3.05, 3.63) is 0 Å². The Kier molecular flexibility index (Phi) is 38.7. The van der Waals surface area contributed by atoms with E-state index in [0.717, 1.165) is 57.8 Å². The van der Waals surface area contributed by atoms with Gasteiger partial charge >= 0.3 is 25.7 Å². The summed E-state index contributed by atoms with van der Waals surface area (Å²) >= 11 is 0. The quantitative estimate of drug-likeness (QED) is 0.0347. The summed E-state index contributed by atoms with van der Waals surface area (Å²) in [5, 5.41) is 8.72. The number of carboxylic acid groups (broad SMARTS) is 1. The van der Waals surface area contributed by atoms with Crippen LogP contribution in [0.5, 0.6) is 0 Å². The maximum atomic E-state index is 12.7. The van der Waals surface area contributed by atoms with Crippen molar-refractivity contribution in [2.75, 3.05) is 19.8 Å². The lowest BCUT2D eigenvalue weighted by molar-refractivity contribution is -0.161. The van der Waals surface area contributed by atoms with Crippen LogP contribution in [0.3, 0.4) is 0 Å². The summed E-state index contributed by atoms with van der Waals surface area (Å²) in [4.78, 5) is 46.0. The lowest BCUT2D eigenvalue weighted by Gasteiger charge is -2.20. The molecule has 0 saturated carbocycles. The van der Waals surface area contributed by atoms with Crippen molar-refractivity contribution in [3.8, 4) is 0 Å². The number of ether oxygens (including phenoxy) is 2. The molecule has 0 bridgehead atoms. The van der Waals surface area contributed by atoms with Gasteiger partial charge in [-0.15, -0.1) is 0 Å². The monoisotopic (exact) mass is 791 g/mol. The highest BCUT2D eigenvalue weighted by Crippen LogP contribution is 2.43. The molecule has 0 saturated heterocycles. The van der Waals surface area contributed by atoms with Gasteiger partial charge in [-0.1, -0.05) is 187 Å². The number of phosphoric acid groups is 1. The summed E-state index contributed by atoms with van der Waals surface area (Å²) in [6, 6.07) is 0. The zero-order chi connectivity index (χ0) is 39.8. The normalized spacial score (nSPS) is 13.1. The van der Waals surface area contributed by atoms with Gasteiger partial charge in [0.1, 0.15) is 6.61 Å². The predicted molar refractivity (Wildman–Crippen MR) is 219 cm³/mol. The van der Waals surface area contributed by atoms with E-state index in [1.54, 1.807) is 0 Å². The highest BCUT2D eigenvalue weighted by atomic mass is 31.2. The Morgan fingerprint density at radius 3 is 1.22 bits per heavy atom. The fraction of sp³-hybridized carbons (Fsp3) is 0.930. The molecule has 2 N–H and O–H groups in total. The second-order valence-electron chi connectivity index (χ2n) is 15.3. The predicted octanol–water partition coefficient (Wildman–Crippen LogP) is 13.0. The molecule has 10 nitrogen and oxygen atoms in total. The molecule has 0 aromatic rings. The molecule has 2 atom stereocenters. The van der Waals surface area contributed by atoms with Gasteiger partial charge in [0.25, 0.3) is 0 Å². The van der Waals surface area contributed by atoms with Crippen LogP contribution in [0.15, 0.2) is 0 Å². The van der Waals surface area contributed by atoms with Crippen molar-refractivity contribution >= 4 is 25.7 Å². The van der Waals surface area contributed by atoms with Gasteiger partial charge in [0.05, 0.1) is 13.2 Å². The van der Waals surface area contributed by atoms with E-state index in [2.05, 4.69) is 13.8 Å². The van der Waals surface area contributed by atoms with E-state index in [1.807, 2.05) is 0 Å². The van der Waals surface area contributed by atoms with Gasteiger partial charge in [-0.2, -0.15) is 0 Å². The summed E-state index contributed by atoms with van der Waals surface area (Å²) in [6.07, 6.45) is 34.5. The molecule has 11 heteroatoms. The summed E-state index contributed by atoms with van der Waals surface area (Å²) in [5.41, 5.74) is 0. The first-order valence-corrected chi connectivity index (χ1v) is 23.9. The minimum Gasteiger partial charge on any atom is -0.481 e. The highest BCUT2D eigenvalue weighted by molar-refractivity contribution is 7.47. The van der Waals surface area contributed by atoms with Gasteiger partial charge in [0.2, 0.25) is 0 Å². The van der Waals surface area contributed by atoms with Crippen LogP contribution in [-0.2, 0) is 37.5 Å². The number of carbonyl (C=O) groups excluding carboxylic acids is 2. The van der Waals surface area contributed by atoms with Crippen molar-refractivity contribution in [3.63, 3.8) is 0 Å².